The molecule has 0 heterocycles. The molecule has 0 aromatic heterocycles. The minimum atomic E-state index is -0.0417. The first kappa shape index (κ1) is 15.7. The Morgan fingerprint density at radius 1 is 1.33 bits per heavy atom. The van der Waals surface area contributed by atoms with Crippen LogP contribution in [0, 0.1) is 6.92 Å². The molecule has 0 aliphatic heterocycles. The average molecular weight is 104 g/mol. The Morgan fingerprint density at radius 2 is 1.50 bits per heavy atom. The predicted molar refractivity (Wildman–Crippen MR) is 14.8 cm³/mol. The molecule has 0 aromatic rings. The summed E-state index contributed by atoms with van der Waals surface area (Å²) >= 11 is 0. The SMILES string of the molecule is [CH2-]CC[O-].[Na+].[Na+]. The van der Waals surface area contributed by atoms with Gasteiger partial charge in [-0.2, -0.15) is 13.0 Å². The number of rotatable bonds is 1. The minimum Gasteiger partial charge on any atom is -0.856 e. The molecule has 26 valence electrons. The van der Waals surface area contributed by atoms with Gasteiger partial charge >= 0.3 is 59.1 Å². The second-order valence-corrected chi connectivity index (χ2v) is 0.558. The van der Waals surface area contributed by atoms with Gasteiger partial charge < -0.3 is 12.0 Å². The molecule has 3 heteroatoms. The Bertz CT molecular complexity index is 10.8. The van der Waals surface area contributed by atoms with Crippen molar-refractivity contribution in [1.82, 2.24) is 0 Å². The number of hydrogen-bond donors (Lipinski definition) is 0. The molecule has 1 nitrogen and oxygen atoms in total. The fourth-order valence-electron chi connectivity index (χ4n) is 0. The van der Waals surface area contributed by atoms with Crippen LogP contribution in [0.25, 0.3) is 0 Å². The van der Waals surface area contributed by atoms with E-state index in [1.807, 2.05) is 0 Å². The van der Waals surface area contributed by atoms with Crippen LogP contribution in [-0.2, 0) is 0 Å². The third-order valence-corrected chi connectivity index (χ3v) is 0.144. The standard InChI is InChI=1S/C3H6O.2Na/c1-2-3-4;;/h1-3H2;;/q-2;2*+1. The van der Waals surface area contributed by atoms with Crippen LogP contribution in [0.5, 0.6) is 0 Å². The smallest absolute Gasteiger partial charge is 0.856 e. The normalized spacial score (nSPS) is 5.00. The molecule has 0 atom stereocenters. The van der Waals surface area contributed by atoms with E-state index in [1.165, 1.54) is 0 Å². The first-order valence-corrected chi connectivity index (χ1v) is 1.29. The summed E-state index contributed by atoms with van der Waals surface area (Å²) in [6, 6.07) is 0. The fourth-order valence-corrected chi connectivity index (χ4v) is 0. The Labute approximate surface area is 83.1 Å². The maximum absolute atomic E-state index is 9.24. The zero-order chi connectivity index (χ0) is 3.41. The average Bonchev–Trinajstić information content (AvgIpc) is 1.37. The molecule has 0 rings (SSSR count). The molecule has 0 unspecified atom stereocenters. The molecule has 0 aliphatic carbocycles. The maximum atomic E-state index is 9.24. The van der Waals surface area contributed by atoms with Crippen molar-refractivity contribution >= 4 is 0 Å². The Balaban J connectivity index is -0.0000000450. The van der Waals surface area contributed by atoms with Gasteiger partial charge in [-0.3, -0.25) is 0 Å². The summed E-state index contributed by atoms with van der Waals surface area (Å²) < 4.78 is 0. The van der Waals surface area contributed by atoms with Crippen molar-refractivity contribution in [1.29, 1.82) is 0 Å². The van der Waals surface area contributed by atoms with E-state index in [-0.39, 0.29) is 65.7 Å². The van der Waals surface area contributed by atoms with Gasteiger partial charge in [-0.1, -0.05) is 0 Å². The first-order chi connectivity index (χ1) is 1.91. The van der Waals surface area contributed by atoms with Gasteiger partial charge in [0, 0.05) is 0 Å². The molecule has 0 radical (unpaired) electrons. The van der Waals surface area contributed by atoms with Crippen molar-refractivity contribution in [3.8, 4) is 0 Å². The van der Waals surface area contributed by atoms with Gasteiger partial charge in [0.2, 0.25) is 0 Å². The van der Waals surface area contributed by atoms with Crippen LogP contribution in [0.15, 0.2) is 0 Å². The van der Waals surface area contributed by atoms with Crippen molar-refractivity contribution in [3.63, 3.8) is 0 Å². The third-order valence-electron chi connectivity index (χ3n) is 0.144. The number of hydrogen-bond acceptors (Lipinski definition) is 1. The summed E-state index contributed by atoms with van der Waals surface area (Å²) in [7, 11) is 0. The summed E-state index contributed by atoms with van der Waals surface area (Å²) in [6.45, 7) is 3.25. The Morgan fingerprint density at radius 3 is 1.50 bits per heavy atom. The molecule has 0 N–H and O–H groups in total. The maximum Gasteiger partial charge on any atom is 1.00 e. The summed E-state index contributed by atoms with van der Waals surface area (Å²) in [5.41, 5.74) is 0. The van der Waals surface area contributed by atoms with Crippen LogP contribution in [0.1, 0.15) is 6.42 Å². The second-order valence-electron chi connectivity index (χ2n) is 0.558. The van der Waals surface area contributed by atoms with Crippen molar-refractivity contribution < 1.29 is 64.2 Å². The molecule has 0 saturated heterocycles. The second kappa shape index (κ2) is 15.8. The van der Waals surface area contributed by atoms with Gasteiger partial charge in [-0.25, -0.2) is 0 Å². The van der Waals surface area contributed by atoms with Crippen molar-refractivity contribution in [2.45, 2.75) is 6.42 Å². The molecule has 0 aromatic carbocycles. The minimum absolute atomic E-state index is 0. The molecular weight excluding hydrogens is 98.0 g/mol. The summed E-state index contributed by atoms with van der Waals surface area (Å²) in [5, 5.41) is 9.24. The third kappa shape index (κ3) is 16.7. The van der Waals surface area contributed by atoms with Crippen LogP contribution in [0.4, 0.5) is 0 Å². The van der Waals surface area contributed by atoms with Crippen LogP contribution >= 0.6 is 0 Å². The molecule has 0 amide bonds. The van der Waals surface area contributed by atoms with E-state index in [0.717, 1.165) is 0 Å². The zero-order valence-corrected chi connectivity index (χ0v) is 8.53. The van der Waals surface area contributed by atoms with Crippen molar-refractivity contribution in [2.24, 2.45) is 0 Å². The largest absolute Gasteiger partial charge is 1.00 e. The topological polar surface area (TPSA) is 23.1 Å². The van der Waals surface area contributed by atoms with Gasteiger partial charge in [0.25, 0.3) is 0 Å². The monoisotopic (exact) mass is 104 g/mol. The van der Waals surface area contributed by atoms with Crippen LogP contribution in [0.3, 0.4) is 0 Å². The van der Waals surface area contributed by atoms with E-state index >= 15 is 0 Å². The molecule has 0 bridgehead atoms. The molecule has 6 heavy (non-hydrogen) atoms. The predicted octanol–water partition coefficient (Wildman–Crippen LogP) is -6.42. The van der Waals surface area contributed by atoms with Gasteiger partial charge in [-0.15, -0.1) is 0 Å². The van der Waals surface area contributed by atoms with Crippen LogP contribution in [-0.4, -0.2) is 6.61 Å². The Hall–Kier alpha value is 1.96. The molecule has 0 aliphatic rings. The van der Waals surface area contributed by atoms with E-state index < -0.39 is 0 Å². The van der Waals surface area contributed by atoms with Crippen LogP contribution in [0.2, 0.25) is 0 Å². The molecule has 0 saturated carbocycles. The van der Waals surface area contributed by atoms with Crippen molar-refractivity contribution in [3.05, 3.63) is 6.92 Å². The summed E-state index contributed by atoms with van der Waals surface area (Å²) in [5.74, 6) is 0. The van der Waals surface area contributed by atoms with Gasteiger partial charge in [-0.05, 0) is 0 Å². The van der Waals surface area contributed by atoms with Crippen molar-refractivity contribution in [2.75, 3.05) is 6.61 Å². The van der Waals surface area contributed by atoms with E-state index in [0.29, 0.717) is 6.42 Å². The fraction of sp³-hybridized carbons (Fsp3) is 0.667. The van der Waals surface area contributed by atoms with Gasteiger partial charge in [0.1, 0.15) is 0 Å². The molecular formula is C3H6Na2O. The van der Waals surface area contributed by atoms with Crippen LogP contribution < -0.4 is 64.2 Å². The zero-order valence-electron chi connectivity index (χ0n) is 4.53. The Kier molecular flexibility index (Phi) is 41.2. The summed E-state index contributed by atoms with van der Waals surface area (Å²) in [4.78, 5) is 0. The quantitative estimate of drug-likeness (QED) is 0.240. The van der Waals surface area contributed by atoms with E-state index in [1.54, 1.807) is 0 Å². The first-order valence-electron chi connectivity index (χ1n) is 1.29. The molecule has 0 fully saturated rings. The van der Waals surface area contributed by atoms with E-state index in [9.17, 15) is 5.11 Å². The van der Waals surface area contributed by atoms with E-state index in [4.69, 9.17) is 0 Å². The van der Waals surface area contributed by atoms with Gasteiger partial charge in [0.15, 0.2) is 0 Å². The summed E-state index contributed by atoms with van der Waals surface area (Å²) in [6.07, 6.45) is 0.514. The molecule has 0 spiro atoms. The van der Waals surface area contributed by atoms with Gasteiger partial charge in [0.05, 0.1) is 0 Å². The van der Waals surface area contributed by atoms with E-state index in [2.05, 4.69) is 6.92 Å².